The summed E-state index contributed by atoms with van der Waals surface area (Å²) in [7, 11) is 0. The maximum atomic E-state index is 10.4. The van der Waals surface area contributed by atoms with Gasteiger partial charge >= 0.3 is 0 Å². The van der Waals surface area contributed by atoms with E-state index < -0.39 is 0 Å². The Morgan fingerprint density at radius 2 is 1.86 bits per heavy atom. The van der Waals surface area contributed by atoms with E-state index in [0.29, 0.717) is 6.04 Å². The number of hydrogen-bond acceptors (Lipinski definition) is 2. The molecular weight excluding hydrogens is 258 g/mol. The summed E-state index contributed by atoms with van der Waals surface area (Å²) in [5.74, 6) is 5.21. The number of aliphatic hydroxyl groups is 1. The van der Waals surface area contributed by atoms with E-state index in [0.717, 1.165) is 32.1 Å². The lowest BCUT2D eigenvalue weighted by Crippen LogP contribution is -2.61. The molecule has 0 unspecified atom stereocenters. The van der Waals surface area contributed by atoms with Crippen LogP contribution in [0.1, 0.15) is 44.9 Å². The van der Waals surface area contributed by atoms with Crippen LogP contribution in [-0.4, -0.2) is 22.8 Å². The van der Waals surface area contributed by atoms with E-state index in [4.69, 9.17) is 12.8 Å². The number of piperidine rings is 1. The SMILES string of the molecule is C#C/C=C/C[C@@H]1CCC[C@]2(CCC[C@H](O)[C@H]2/C=C/C#C)N1. The van der Waals surface area contributed by atoms with Crippen molar-refractivity contribution in [3.05, 3.63) is 24.3 Å². The van der Waals surface area contributed by atoms with Gasteiger partial charge in [-0.1, -0.05) is 30.4 Å². The Labute approximate surface area is 128 Å². The highest BCUT2D eigenvalue weighted by Crippen LogP contribution is 2.41. The fraction of sp³-hybridized carbons (Fsp3) is 0.579. The first kappa shape index (κ1) is 15.9. The molecule has 2 rings (SSSR count). The van der Waals surface area contributed by atoms with Crippen molar-refractivity contribution in [2.24, 2.45) is 5.92 Å². The molecule has 0 amide bonds. The standard InChI is InChI=1S/C19H25NO/c1-3-5-7-10-16-11-8-14-19(20-16)15-9-13-18(21)17(19)12-6-4-2/h1-2,5-7,12,16-18,20-21H,8-11,13-15H2/b7-5+,12-6+/t16-,17-,18+,19-/m1/s1. The van der Waals surface area contributed by atoms with E-state index in [1.54, 1.807) is 12.2 Å². The molecule has 1 spiro atoms. The zero-order valence-corrected chi connectivity index (χ0v) is 12.6. The van der Waals surface area contributed by atoms with Crippen molar-refractivity contribution in [1.82, 2.24) is 5.32 Å². The summed E-state index contributed by atoms with van der Waals surface area (Å²) in [5.41, 5.74) is -0.00207. The number of hydrogen-bond donors (Lipinski definition) is 2. The normalized spacial score (nSPS) is 36.8. The average Bonchev–Trinajstić information content (AvgIpc) is 2.47. The lowest BCUT2D eigenvalue weighted by atomic mass is 9.66. The van der Waals surface area contributed by atoms with Gasteiger partial charge in [0.15, 0.2) is 0 Å². The number of terminal acetylenes is 2. The predicted octanol–water partition coefficient (Wildman–Crippen LogP) is 2.80. The van der Waals surface area contributed by atoms with Crippen LogP contribution in [0.4, 0.5) is 0 Å². The highest BCUT2D eigenvalue weighted by atomic mass is 16.3. The fourth-order valence-corrected chi connectivity index (χ4v) is 3.96. The van der Waals surface area contributed by atoms with Gasteiger partial charge < -0.3 is 10.4 Å². The third-order valence-electron chi connectivity index (χ3n) is 4.88. The van der Waals surface area contributed by atoms with Crippen LogP contribution in [0.5, 0.6) is 0 Å². The minimum Gasteiger partial charge on any atom is -0.392 e. The van der Waals surface area contributed by atoms with Gasteiger partial charge in [-0.3, -0.25) is 0 Å². The molecule has 4 atom stereocenters. The number of allylic oxidation sites excluding steroid dienone is 2. The molecule has 1 heterocycles. The molecule has 1 saturated heterocycles. The smallest absolute Gasteiger partial charge is 0.0620 e. The predicted molar refractivity (Wildman–Crippen MR) is 87.4 cm³/mol. The Hall–Kier alpha value is -1.48. The highest BCUT2D eigenvalue weighted by Gasteiger charge is 2.45. The van der Waals surface area contributed by atoms with Crippen LogP contribution >= 0.6 is 0 Å². The zero-order valence-electron chi connectivity index (χ0n) is 12.6. The molecule has 1 aliphatic heterocycles. The molecule has 1 saturated carbocycles. The second kappa shape index (κ2) is 7.51. The number of rotatable bonds is 3. The molecule has 2 fully saturated rings. The van der Waals surface area contributed by atoms with Crippen LogP contribution in [0.25, 0.3) is 0 Å². The molecule has 2 heteroatoms. The molecule has 2 nitrogen and oxygen atoms in total. The third-order valence-corrected chi connectivity index (χ3v) is 4.88. The van der Waals surface area contributed by atoms with Crippen LogP contribution in [-0.2, 0) is 0 Å². The molecule has 1 aliphatic carbocycles. The average molecular weight is 283 g/mol. The Morgan fingerprint density at radius 1 is 1.14 bits per heavy atom. The summed E-state index contributed by atoms with van der Waals surface area (Å²) >= 11 is 0. The van der Waals surface area contributed by atoms with Gasteiger partial charge in [-0.25, -0.2) is 0 Å². The lowest BCUT2D eigenvalue weighted by molar-refractivity contribution is 0.00394. The van der Waals surface area contributed by atoms with Gasteiger partial charge in [-0.05, 0) is 50.7 Å². The van der Waals surface area contributed by atoms with Crippen molar-refractivity contribution in [2.45, 2.75) is 62.6 Å². The van der Waals surface area contributed by atoms with Crippen LogP contribution in [0.15, 0.2) is 24.3 Å². The highest BCUT2D eigenvalue weighted by molar-refractivity contribution is 5.18. The topological polar surface area (TPSA) is 32.3 Å². The Morgan fingerprint density at radius 3 is 2.57 bits per heavy atom. The molecular formula is C19H25NO. The van der Waals surface area contributed by atoms with Crippen LogP contribution in [0.3, 0.4) is 0 Å². The van der Waals surface area contributed by atoms with Gasteiger partial charge in [-0.2, -0.15) is 0 Å². The van der Waals surface area contributed by atoms with Gasteiger partial charge in [0.1, 0.15) is 0 Å². The van der Waals surface area contributed by atoms with Gasteiger partial charge in [0.25, 0.3) is 0 Å². The summed E-state index contributed by atoms with van der Waals surface area (Å²) < 4.78 is 0. The van der Waals surface area contributed by atoms with Gasteiger partial charge in [0, 0.05) is 17.5 Å². The first-order valence-electron chi connectivity index (χ1n) is 7.91. The number of aliphatic hydroxyl groups excluding tert-OH is 1. The van der Waals surface area contributed by atoms with Crippen molar-refractivity contribution in [2.75, 3.05) is 0 Å². The second-order valence-corrected chi connectivity index (χ2v) is 6.21. The summed E-state index contributed by atoms with van der Waals surface area (Å²) in [6, 6.07) is 0.440. The third kappa shape index (κ3) is 3.79. The maximum Gasteiger partial charge on any atom is 0.0620 e. The van der Waals surface area contributed by atoms with Crippen LogP contribution < -0.4 is 5.32 Å². The molecule has 112 valence electrons. The minimum atomic E-state index is -0.296. The van der Waals surface area contributed by atoms with Crippen molar-refractivity contribution in [3.63, 3.8) is 0 Å². The first-order chi connectivity index (χ1) is 10.2. The van der Waals surface area contributed by atoms with Crippen molar-refractivity contribution in [3.8, 4) is 24.7 Å². The molecule has 2 aliphatic rings. The summed E-state index contributed by atoms with van der Waals surface area (Å²) in [4.78, 5) is 0. The Balaban J connectivity index is 2.13. The van der Waals surface area contributed by atoms with Crippen LogP contribution in [0, 0.1) is 30.6 Å². The second-order valence-electron chi connectivity index (χ2n) is 6.21. The van der Waals surface area contributed by atoms with Crippen LogP contribution in [0.2, 0.25) is 0 Å². The Kier molecular flexibility index (Phi) is 5.68. The molecule has 0 aromatic carbocycles. The number of nitrogens with one attached hydrogen (secondary N) is 1. The van der Waals surface area contributed by atoms with E-state index in [-0.39, 0.29) is 17.6 Å². The molecule has 21 heavy (non-hydrogen) atoms. The molecule has 0 radical (unpaired) electrons. The van der Waals surface area contributed by atoms with E-state index >= 15 is 0 Å². The first-order valence-corrected chi connectivity index (χ1v) is 7.91. The minimum absolute atomic E-state index is 0.00207. The largest absolute Gasteiger partial charge is 0.392 e. The van der Waals surface area contributed by atoms with E-state index in [1.165, 1.54) is 12.8 Å². The van der Waals surface area contributed by atoms with Crippen molar-refractivity contribution in [1.29, 1.82) is 0 Å². The van der Waals surface area contributed by atoms with Gasteiger partial charge in [-0.15, -0.1) is 12.8 Å². The lowest BCUT2D eigenvalue weighted by Gasteiger charge is -2.51. The summed E-state index contributed by atoms with van der Waals surface area (Å²) in [5, 5.41) is 14.2. The molecule has 0 aromatic heterocycles. The molecule has 0 bridgehead atoms. The van der Waals surface area contributed by atoms with Gasteiger partial charge in [0.2, 0.25) is 0 Å². The zero-order chi connectivity index (χ0) is 15.1. The van der Waals surface area contributed by atoms with E-state index in [1.807, 2.05) is 6.08 Å². The Bertz CT molecular complexity index is 475. The van der Waals surface area contributed by atoms with Crippen molar-refractivity contribution < 1.29 is 5.11 Å². The summed E-state index contributed by atoms with van der Waals surface area (Å²) in [6.07, 6.45) is 25.4. The maximum absolute atomic E-state index is 10.4. The molecule has 0 aromatic rings. The van der Waals surface area contributed by atoms with E-state index in [9.17, 15) is 5.11 Å². The van der Waals surface area contributed by atoms with Crippen molar-refractivity contribution >= 4 is 0 Å². The quantitative estimate of drug-likeness (QED) is 0.781. The van der Waals surface area contributed by atoms with Gasteiger partial charge in [0.05, 0.1) is 6.10 Å². The molecule has 2 N–H and O–H groups in total. The monoisotopic (exact) mass is 283 g/mol. The summed E-state index contributed by atoms with van der Waals surface area (Å²) in [6.45, 7) is 0. The fourth-order valence-electron chi connectivity index (χ4n) is 3.96. The van der Waals surface area contributed by atoms with E-state index in [2.05, 4.69) is 23.2 Å².